The molecule has 0 spiro atoms. The number of rotatable bonds is 1. The molecule has 0 aliphatic rings. The van der Waals surface area contributed by atoms with Crippen molar-refractivity contribution in [2.45, 2.75) is 0 Å². The molecule has 9 heteroatoms. The van der Waals surface area contributed by atoms with E-state index in [1.165, 1.54) is 0 Å². The maximum absolute atomic E-state index is 13.3. The van der Waals surface area contributed by atoms with Crippen molar-refractivity contribution in [1.29, 1.82) is 0 Å². The summed E-state index contributed by atoms with van der Waals surface area (Å²) in [5.74, 6) is -11.7. The van der Waals surface area contributed by atoms with Gasteiger partial charge >= 0.3 is 20.9 Å². The lowest BCUT2D eigenvalue weighted by molar-refractivity contribution is 0.438. The standard InChI is InChI=1S/C10HF6.ClH.FH.Mg/c11-4-1-3-2-5(12)8(14)10(16)6(3)9(15)7(4)13;;;/h1H;2*1H;/q;;;+1/p-1. The van der Waals surface area contributed by atoms with E-state index in [0.29, 0.717) is 0 Å². The molecule has 100 valence electrons. The van der Waals surface area contributed by atoms with Crippen LogP contribution in [0.5, 0.6) is 0 Å². The van der Waals surface area contributed by atoms with Gasteiger partial charge in [0.1, 0.15) is 5.82 Å². The van der Waals surface area contributed by atoms with Gasteiger partial charge in [-0.25, -0.2) is 26.3 Å². The fourth-order valence-electron chi connectivity index (χ4n) is 1.64. The largest absolute Gasteiger partial charge is 0.656 e. The highest BCUT2D eigenvalue weighted by atomic mass is 35.5. The molecule has 2 aromatic carbocycles. The average molecular weight is 315 g/mol. The van der Waals surface area contributed by atoms with E-state index in [2.05, 4.69) is 0 Å². The molecule has 0 saturated carbocycles. The van der Waals surface area contributed by atoms with Gasteiger partial charge in [-0.15, -0.1) is 12.4 Å². The van der Waals surface area contributed by atoms with Gasteiger partial charge in [-0.1, -0.05) is 3.69 Å². The molecule has 0 bridgehead atoms. The maximum atomic E-state index is 13.3. The predicted molar refractivity (Wildman–Crippen MR) is 57.4 cm³/mol. The summed E-state index contributed by atoms with van der Waals surface area (Å²) in [6, 6.07) is 0.251. The SMILES string of the molecule is Cl.[F][Mg][c]1c(F)c(F)c(F)c2c(F)c(F)c(F)cc12. The summed E-state index contributed by atoms with van der Waals surface area (Å²) in [5, 5.41) is -2.11. The molecule has 0 amide bonds. The van der Waals surface area contributed by atoms with Crippen LogP contribution in [0.2, 0.25) is 0 Å². The third-order valence-corrected chi connectivity index (χ3v) is 3.45. The predicted octanol–water partition coefficient (Wildman–Crippen LogP) is 3.31. The Bertz CT molecular complexity index is 650. The summed E-state index contributed by atoms with van der Waals surface area (Å²) in [6.07, 6.45) is 0. The van der Waals surface area contributed by atoms with Gasteiger partial charge in [-0.05, 0) is 11.5 Å². The van der Waals surface area contributed by atoms with Crippen molar-refractivity contribution < 1.29 is 29.3 Å². The molecule has 19 heavy (non-hydrogen) atoms. The molecule has 0 aromatic heterocycles. The van der Waals surface area contributed by atoms with Gasteiger partial charge in [0.05, 0.1) is 5.39 Å². The van der Waals surface area contributed by atoms with E-state index < -0.39 is 70.3 Å². The molecule has 0 radical (unpaired) electrons. The summed E-state index contributed by atoms with van der Waals surface area (Å²) >= 11 is -2.88. The third kappa shape index (κ3) is 2.36. The lowest BCUT2D eigenvalue weighted by Crippen LogP contribution is -2.21. The molecule has 0 saturated heterocycles. The minimum absolute atomic E-state index is 0. The summed E-state index contributed by atoms with van der Waals surface area (Å²) in [4.78, 5) is 0. The fourth-order valence-corrected chi connectivity index (χ4v) is 2.33. The van der Waals surface area contributed by atoms with Crippen LogP contribution in [0.15, 0.2) is 6.07 Å². The highest BCUT2D eigenvalue weighted by Gasteiger charge is 2.26. The second-order valence-electron chi connectivity index (χ2n) is 3.46. The first-order valence-electron chi connectivity index (χ1n) is 4.58. The molecule has 0 fully saturated rings. The molecule has 0 unspecified atom stereocenters. The van der Waals surface area contributed by atoms with Gasteiger partial charge in [0, 0.05) is 0 Å². The van der Waals surface area contributed by atoms with Crippen molar-refractivity contribution in [3.05, 3.63) is 41.0 Å². The van der Waals surface area contributed by atoms with Crippen LogP contribution in [0.3, 0.4) is 0 Å². The molecular weight excluding hydrogens is 313 g/mol. The Morgan fingerprint density at radius 3 is 1.79 bits per heavy atom. The van der Waals surface area contributed by atoms with Crippen molar-refractivity contribution in [3.8, 4) is 0 Å². The number of hydrogen-bond acceptors (Lipinski definition) is 0. The van der Waals surface area contributed by atoms with Crippen LogP contribution in [0.4, 0.5) is 29.3 Å². The Kier molecular flexibility index (Phi) is 4.91. The lowest BCUT2D eigenvalue weighted by Gasteiger charge is -2.10. The minimum Gasteiger partial charge on any atom is -0.475 e. The van der Waals surface area contributed by atoms with Crippen LogP contribution in [0, 0.1) is 34.9 Å². The second kappa shape index (κ2) is 5.72. The molecule has 0 atom stereocenters. The van der Waals surface area contributed by atoms with Gasteiger partial charge in [-0.2, -0.15) is 0 Å². The van der Waals surface area contributed by atoms with Gasteiger partial charge in [-0.3, -0.25) is 0 Å². The van der Waals surface area contributed by atoms with Crippen LogP contribution >= 0.6 is 12.4 Å². The van der Waals surface area contributed by atoms with E-state index in [1.54, 1.807) is 0 Å². The smallest absolute Gasteiger partial charge is 0.475 e. The first-order valence-corrected chi connectivity index (χ1v) is 5.82. The first-order chi connectivity index (χ1) is 8.40. The molecule has 2 aromatic rings. The molecule has 0 aliphatic carbocycles. The lowest BCUT2D eigenvalue weighted by atomic mass is 10.1. The number of halogens is 8. The second-order valence-corrected chi connectivity index (χ2v) is 4.44. The van der Waals surface area contributed by atoms with Crippen LogP contribution < -0.4 is 3.69 Å². The van der Waals surface area contributed by atoms with Crippen LogP contribution in [0.25, 0.3) is 10.8 Å². The van der Waals surface area contributed by atoms with Gasteiger partial charge < -0.3 is 2.96 Å². The zero-order valence-corrected chi connectivity index (χ0v) is 11.1. The molecule has 0 nitrogen and oxygen atoms in total. The molecule has 2 rings (SSSR count). The molecule has 0 heterocycles. The van der Waals surface area contributed by atoms with Crippen LogP contribution in [-0.2, 0) is 0 Å². The summed E-state index contributed by atoms with van der Waals surface area (Å²) in [5.41, 5.74) is 0. The Hall–Kier alpha value is -0.734. The van der Waals surface area contributed by atoms with E-state index in [-0.39, 0.29) is 18.5 Å². The summed E-state index contributed by atoms with van der Waals surface area (Å²) < 4.78 is 90.4. The van der Waals surface area contributed by atoms with Crippen molar-refractivity contribution >= 4 is 47.8 Å². The Labute approximate surface area is 118 Å². The zero-order chi connectivity index (χ0) is 13.6. The quantitative estimate of drug-likeness (QED) is 0.430. The number of benzene rings is 2. The van der Waals surface area contributed by atoms with Crippen molar-refractivity contribution in [2.24, 2.45) is 0 Å². The fraction of sp³-hybridized carbons (Fsp3) is 0. The number of hydrogen-bond donors (Lipinski definition) is 0. The van der Waals surface area contributed by atoms with Gasteiger partial charge in [0.25, 0.3) is 0 Å². The first kappa shape index (κ1) is 16.3. The number of fused-ring (bicyclic) bond motifs is 1. The van der Waals surface area contributed by atoms with E-state index in [9.17, 15) is 29.3 Å². The normalized spacial score (nSPS) is 10.3. The topological polar surface area (TPSA) is 0 Å². The van der Waals surface area contributed by atoms with Crippen molar-refractivity contribution in [1.82, 2.24) is 0 Å². The van der Waals surface area contributed by atoms with Crippen molar-refractivity contribution in [3.63, 3.8) is 0 Å². The summed E-state index contributed by atoms with van der Waals surface area (Å²) in [6.45, 7) is 0. The molecular formula is C10H2ClF7Mg. The van der Waals surface area contributed by atoms with Crippen LogP contribution in [0.1, 0.15) is 0 Å². The average Bonchev–Trinajstić information content (AvgIpc) is 2.34. The van der Waals surface area contributed by atoms with E-state index in [4.69, 9.17) is 0 Å². The Balaban J connectivity index is 0.00000180. The van der Waals surface area contributed by atoms with E-state index in [1.807, 2.05) is 0 Å². The third-order valence-electron chi connectivity index (χ3n) is 2.49. The summed E-state index contributed by atoms with van der Waals surface area (Å²) in [7, 11) is 0. The molecule has 0 N–H and O–H groups in total. The van der Waals surface area contributed by atoms with Gasteiger partial charge in [0.15, 0.2) is 29.1 Å². The minimum atomic E-state index is -2.88. The van der Waals surface area contributed by atoms with Crippen LogP contribution in [-0.4, -0.2) is 20.9 Å². The monoisotopic (exact) mass is 314 g/mol. The Morgan fingerprint density at radius 1 is 0.737 bits per heavy atom. The maximum Gasteiger partial charge on any atom is 0.656 e. The highest BCUT2D eigenvalue weighted by molar-refractivity contribution is 6.50. The zero-order valence-electron chi connectivity index (χ0n) is 8.84. The van der Waals surface area contributed by atoms with Crippen molar-refractivity contribution in [2.75, 3.05) is 0 Å². The van der Waals surface area contributed by atoms with Gasteiger partial charge in [0.2, 0.25) is 0 Å². The highest BCUT2D eigenvalue weighted by Crippen LogP contribution is 2.27. The van der Waals surface area contributed by atoms with E-state index in [0.717, 1.165) is 0 Å². The van der Waals surface area contributed by atoms with E-state index >= 15 is 0 Å². The Morgan fingerprint density at radius 2 is 1.26 bits per heavy atom. The molecule has 0 aliphatic heterocycles.